The highest BCUT2D eigenvalue weighted by molar-refractivity contribution is 5.91. The zero-order valence-electron chi connectivity index (χ0n) is 13.8. The topological polar surface area (TPSA) is 76.1 Å². The number of methoxy groups -OCH3 is 1. The molecule has 2 aromatic rings. The third-order valence-corrected chi connectivity index (χ3v) is 4.26. The van der Waals surface area contributed by atoms with Crippen LogP contribution in [0.2, 0.25) is 0 Å². The number of ether oxygens (including phenoxy) is 1. The Labute approximate surface area is 141 Å². The summed E-state index contributed by atoms with van der Waals surface area (Å²) in [5.74, 6) is 1.96. The van der Waals surface area contributed by atoms with Gasteiger partial charge in [-0.3, -0.25) is 4.79 Å². The minimum absolute atomic E-state index is 0.0504. The summed E-state index contributed by atoms with van der Waals surface area (Å²) in [5.41, 5.74) is 0.813. The van der Waals surface area contributed by atoms with E-state index < -0.39 is 0 Å². The number of rotatable bonds is 5. The predicted molar refractivity (Wildman–Crippen MR) is 93.5 cm³/mol. The van der Waals surface area contributed by atoms with E-state index in [1.54, 1.807) is 19.2 Å². The molecule has 6 nitrogen and oxygen atoms in total. The number of benzene rings is 1. The Morgan fingerprint density at radius 2 is 1.75 bits per heavy atom. The summed E-state index contributed by atoms with van der Waals surface area (Å²) < 4.78 is 5.29. The van der Waals surface area contributed by atoms with E-state index in [4.69, 9.17) is 4.74 Å². The second kappa shape index (κ2) is 7.77. The van der Waals surface area contributed by atoms with E-state index in [0.29, 0.717) is 11.6 Å². The average molecular weight is 326 g/mol. The number of nitrogens with zero attached hydrogens (tertiary/aromatic N) is 2. The molecule has 1 fully saturated rings. The number of hydrogen-bond acceptors (Lipinski definition) is 5. The van der Waals surface area contributed by atoms with Crippen molar-refractivity contribution in [2.75, 3.05) is 17.7 Å². The summed E-state index contributed by atoms with van der Waals surface area (Å²) in [6, 6.07) is 11.1. The van der Waals surface area contributed by atoms with Gasteiger partial charge in [-0.15, -0.1) is 10.2 Å². The molecule has 24 heavy (non-hydrogen) atoms. The number of para-hydroxylation sites is 2. The van der Waals surface area contributed by atoms with Gasteiger partial charge in [0, 0.05) is 5.92 Å². The predicted octanol–water partition coefficient (Wildman–Crippen LogP) is 3.75. The lowest BCUT2D eigenvalue weighted by Crippen LogP contribution is -2.25. The number of anilines is 3. The molecule has 3 rings (SSSR count). The van der Waals surface area contributed by atoms with E-state index in [2.05, 4.69) is 20.8 Å². The van der Waals surface area contributed by atoms with Crippen molar-refractivity contribution in [2.45, 2.75) is 32.1 Å². The van der Waals surface area contributed by atoms with Gasteiger partial charge in [-0.25, -0.2) is 0 Å². The smallest absolute Gasteiger partial charge is 0.228 e. The molecule has 126 valence electrons. The quantitative estimate of drug-likeness (QED) is 0.875. The highest BCUT2D eigenvalue weighted by Gasteiger charge is 2.21. The largest absolute Gasteiger partial charge is 0.495 e. The van der Waals surface area contributed by atoms with Crippen molar-refractivity contribution in [3.63, 3.8) is 0 Å². The lowest BCUT2D eigenvalue weighted by molar-refractivity contribution is -0.120. The molecule has 0 atom stereocenters. The van der Waals surface area contributed by atoms with Gasteiger partial charge in [-0.1, -0.05) is 31.4 Å². The first kappa shape index (κ1) is 16.2. The number of amides is 1. The van der Waals surface area contributed by atoms with Crippen LogP contribution < -0.4 is 15.4 Å². The lowest BCUT2D eigenvalue weighted by Gasteiger charge is -2.20. The number of aromatic nitrogens is 2. The van der Waals surface area contributed by atoms with E-state index in [1.165, 1.54) is 6.42 Å². The molecule has 1 aliphatic rings. The van der Waals surface area contributed by atoms with E-state index in [9.17, 15) is 4.79 Å². The standard InChI is InChI=1S/C18H22N4O2/c1-24-15-10-6-5-9-14(15)19-16-11-12-17(22-21-16)20-18(23)13-7-3-2-4-8-13/h5-6,9-13H,2-4,7-8H2,1H3,(H,19,21)(H,20,22,23). The molecule has 0 spiro atoms. The van der Waals surface area contributed by atoms with Gasteiger partial charge >= 0.3 is 0 Å². The van der Waals surface area contributed by atoms with Crippen LogP contribution in [-0.2, 0) is 4.79 Å². The summed E-state index contributed by atoms with van der Waals surface area (Å²) in [6.07, 6.45) is 5.42. The normalized spacial score (nSPS) is 14.9. The fourth-order valence-corrected chi connectivity index (χ4v) is 2.94. The number of carbonyl (C=O) groups excluding carboxylic acids is 1. The van der Waals surface area contributed by atoms with Crippen LogP contribution in [0.5, 0.6) is 5.75 Å². The fourth-order valence-electron chi connectivity index (χ4n) is 2.94. The van der Waals surface area contributed by atoms with E-state index >= 15 is 0 Å². The third kappa shape index (κ3) is 4.01. The molecule has 0 radical (unpaired) electrons. The Bertz CT molecular complexity index is 682. The van der Waals surface area contributed by atoms with Gasteiger partial charge < -0.3 is 15.4 Å². The Hall–Kier alpha value is -2.63. The molecule has 0 unspecified atom stereocenters. The van der Waals surface area contributed by atoms with E-state index in [1.807, 2.05) is 24.3 Å². The van der Waals surface area contributed by atoms with Crippen LogP contribution >= 0.6 is 0 Å². The second-order valence-corrected chi connectivity index (χ2v) is 5.95. The van der Waals surface area contributed by atoms with Crippen LogP contribution in [0.1, 0.15) is 32.1 Å². The van der Waals surface area contributed by atoms with Crippen molar-refractivity contribution >= 4 is 23.2 Å². The first-order valence-electron chi connectivity index (χ1n) is 8.31. The molecule has 1 aromatic carbocycles. The third-order valence-electron chi connectivity index (χ3n) is 4.26. The summed E-state index contributed by atoms with van der Waals surface area (Å²) in [6.45, 7) is 0. The molecule has 0 bridgehead atoms. The maximum Gasteiger partial charge on any atom is 0.228 e. The molecule has 0 aliphatic heterocycles. The summed E-state index contributed by atoms with van der Waals surface area (Å²) >= 11 is 0. The molecule has 1 aromatic heterocycles. The zero-order chi connectivity index (χ0) is 16.8. The van der Waals surface area contributed by atoms with Gasteiger partial charge in [0.2, 0.25) is 5.91 Å². The van der Waals surface area contributed by atoms with Gasteiger partial charge in [0.05, 0.1) is 12.8 Å². The molecular weight excluding hydrogens is 304 g/mol. The second-order valence-electron chi connectivity index (χ2n) is 5.95. The average Bonchev–Trinajstić information content (AvgIpc) is 2.64. The van der Waals surface area contributed by atoms with Gasteiger partial charge in [0.1, 0.15) is 5.75 Å². The SMILES string of the molecule is COc1ccccc1Nc1ccc(NC(=O)C2CCCCC2)nn1. The van der Waals surface area contributed by atoms with Gasteiger partial charge in [-0.2, -0.15) is 0 Å². The van der Waals surface area contributed by atoms with Crippen LogP contribution in [0.25, 0.3) is 0 Å². The van der Waals surface area contributed by atoms with Crippen molar-refractivity contribution in [3.05, 3.63) is 36.4 Å². The van der Waals surface area contributed by atoms with Crippen molar-refractivity contribution < 1.29 is 9.53 Å². The molecule has 2 N–H and O–H groups in total. The lowest BCUT2D eigenvalue weighted by atomic mass is 9.89. The highest BCUT2D eigenvalue weighted by Crippen LogP contribution is 2.27. The van der Waals surface area contributed by atoms with Crippen LogP contribution in [0, 0.1) is 5.92 Å². The van der Waals surface area contributed by atoms with Gasteiger partial charge in [-0.05, 0) is 37.1 Å². The maximum absolute atomic E-state index is 12.2. The summed E-state index contributed by atoms with van der Waals surface area (Å²) in [5, 5.41) is 14.2. The number of hydrogen-bond donors (Lipinski definition) is 2. The molecule has 6 heteroatoms. The molecule has 1 aliphatic carbocycles. The van der Waals surface area contributed by atoms with Gasteiger partial charge in [0.25, 0.3) is 0 Å². The fraction of sp³-hybridized carbons (Fsp3) is 0.389. The minimum atomic E-state index is 0.0504. The molecule has 1 saturated carbocycles. The Morgan fingerprint density at radius 1 is 1.04 bits per heavy atom. The van der Waals surface area contributed by atoms with Crippen molar-refractivity contribution in [2.24, 2.45) is 5.92 Å². The Morgan fingerprint density at radius 3 is 2.46 bits per heavy atom. The first-order chi connectivity index (χ1) is 11.8. The Balaban J connectivity index is 1.61. The Kier molecular flexibility index (Phi) is 5.25. The molecular formula is C18H22N4O2. The summed E-state index contributed by atoms with van der Waals surface area (Å²) in [7, 11) is 1.62. The molecule has 1 heterocycles. The van der Waals surface area contributed by atoms with Crippen molar-refractivity contribution in [3.8, 4) is 5.75 Å². The van der Waals surface area contributed by atoms with Crippen molar-refractivity contribution in [1.29, 1.82) is 0 Å². The van der Waals surface area contributed by atoms with Crippen LogP contribution in [0.15, 0.2) is 36.4 Å². The number of nitrogens with one attached hydrogen (secondary N) is 2. The van der Waals surface area contributed by atoms with E-state index in [-0.39, 0.29) is 11.8 Å². The zero-order valence-corrected chi connectivity index (χ0v) is 13.8. The minimum Gasteiger partial charge on any atom is -0.495 e. The molecule has 0 saturated heterocycles. The first-order valence-corrected chi connectivity index (χ1v) is 8.31. The maximum atomic E-state index is 12.2. The van der Waals surface area contributed by atoms with Crippen LogP contribution in [0.4, 0.5) is 17.3 Å². The van der Waals surface area contributed by atoms with Crippen molar-refractivity contribution in [1.82, 2.24) is 10.2 Å². The van der Waals surface area contributed by atoms with Gasteiger partial charge in [0.15, 0.2) is 11.6 Å². The van der Waals surface area contributed by atoms with E-state index in [0.717, 1.165) is 37.1 Å². The van der Waals surface area contributed by atoms with Crippen LogP contribution in [0.3, 0.4) is 0 Å². The highest BCUT2D eigenvalue weighted by atomic mass is 16.5. The molecule has 1 amide bonds. The summed E-state index contributed by atoms with van der Waals surface area (Å²) in [4.78, 5) is 12.2. The number of carbonyl (C=O) groups is 1. The van der Waals surface area contributed by atoms with Crippen LogP contribution in [-0.4, -0.2) is 23.2 Å². The monoisotopic (exact) mass is 326 g/mol.